The molecule has 0 aromatic carbocycles. The summed E-state index contributed by atoms with van der Waals surface area (Å²) in [6, 6.07) is 1.58. The first-order valence-corrected chi connectivity index (χ1v) is 8.12. The molecule has 0 aliphatic rings. The second kappa shape index (κ2) is 5.12. The summed E-state index contributed by atoms with van der Waals surface area (Å²) in [5, 5.41) is 0.124. The van der Waals surface area contributed by atoms with Gasteiger partial charge >= 0.3 is 0 Å². The lowest BCUT2D eigenvalue weighted by Crippen LogP contribution is -2.12. The van der Waals surface area contributed by atoms with Crippen molar-refractivity contribution in [2.24, 2.45) is 0 Å². The highest BCUT2D eigenvalue weighted by atomic mass is 79.9. The van der Waals surface area contributed by atoms with Gasteiger partial charge in [-0.15, -0.1) is 11.3 Å². The second-order valence-electron chi connectivity index (χ2n) is 3.35. The Morgan fingerprint density at radius 1 is 1.44 bits per heavy atom. The van der Waals surface area contributed by atoms with E-state index in [1.165, 1.54) is 12.4 Å². The molecular weight excluding hydrogens is 362 g/mol. The Hall–Kier alpha value is -0.700. The molecule has 96 valence electrons. The molecule has 5 nitrogen and oxygen atoms in total. The van der Waals surface area contributed by atoms with E-state index in [9.17, 15) is 8.42 Å². The van der Waals surface area contributed by atoms with Crippen molar-refractivity contribution in [2.45, 2.75) is 11.1 Å². The Bertz CT molecular complexity index is 667. The van der Waals surface area contributed by atoms with E-state index >= 15 is 0 Å². The maximum Gasteiger partial charge on any atom is 0.272 e. The van der Waals surface area contributed by atoms with Gasteiger partial charge in [0.2, 0.25) is 0 Å². The summed E-state index contributed by atoms with van der Waals surface area (Å²) in [4.78, 5) is 7.58. The van der Waals surface area contributed by atoms with Crippen LogP contribution in [0, 0.1) is 6.92 Å². The molecule has 0 fully saturated rings. The number of anilines is 1. The third-order valence-corrected chi connectivity index (χ3v) is 6.09. The van der Waals surface area contributed by atoms with Crippen molar-refractivity contribution in [1.82, 2.24) is 9.97 Å². The highest BCUT2D eigenvalue weighted by Crippen LogP contribution is 2.31. The smallest absolute Gasteiger partial charge is 0.261 e. The minimum Gasteiger partial charge on any atom is -0.261 e. The van der Waals surface area contributed by atoms with Crippen LogP contribution in [0.1, 0.15) is 5.56 Å². The van der Waals surface area contributed by atoms with Crippen molar-refractivity contribution in [3.8, 4) is 0 Å². The average Bonchev–Trinajstić information content (AvgIpc) is 2.59. The fourth-order valence-corrected chi connectivity index (χ4v) is 4.50. The topological polar surface area (TPSA) is 72.0 Å². The molecule has 0 unspecified atom stereocenters. The lowest BCUT2D eigenvalue weighted by molar-refractivity contribution is 0.603. The Morgan fingerprint density at radius 3 is 2.72 bits per heavy atom. The van der Waals surface area contributed by atoms with E-state index in [0.29, 0.717) is 0 Å². The van der Waals surface area contributed by atoms with Gasteiger partial charge < -0.3 is 0 Å². The van der Waals surface area contributed by atoms with E-state index in [1.807, 2.05) is 6.92 Å². The monoisotopic (exact) mass is 367 g/mol. The highest BCUT2D eigenvalue weighted by Gasteiger charge is 2.19. The van der Waals surface area contributed by atoms with Gasteiger partial charge in [-0.05, 0) is 34.5 Å². The third-order valence-electron chi connectivity index (χ3n) is 1.94. The number of aromatic nitrogens is 2. The Kier molecular flexibility index (Phi) is 3.90. The molecule has 2 rings (SSSR count). The summed E-state index contributed by atoms with van der Waals surface area (Å²) in [6.45, 7) is 1.82. The van der Waals surface area contributed by atoms with E-state index in [2.05, 4.69) is 30.6 Å². The van der Waals surface area contributed by atoms with Crippen LogP contribution in [-0.4, -0.2) is 18.4 Å². The molecule has 0 spiro atoms. The second-order valence-corrected chi connectivity index (χ2v) is 8.02. The number of aryl methyl sites for hydroxylation is 1. The van der Waals surface area contributed by atoms with E-state index in [1.54, 1.807) is 6.07 Å². The summed E-state index contributed by atoms with van der Waals surface area (Å²) in [7, 11) is -3.65. The third kappa shape index (κ3) is 3.00. The maximum absolute atomic E-state index is 12.0. The molecule has 0 aliphatic carbocycles. The molecule has 18 heavy (non-hydrogen) atoms. The van der Waals surface area contributed by atoms with Crippen LogP contribution in [0.15, 0.2) is 26.5 Å². The molecule has 0 aliphatic heterocycles. The Labute approximate surface area is 121 Å². The van der Waals surface area contributed by atoms with E-state index in [-0.39, 0.29) is 15.2 Å². The summed E-state index contributed by atoms with van der Waals surface area (Å²) in [6.07, 6.45) is 2.62. The zero-order valence-corrected chi connectivity index (χ0v) is 13.0. The van der Waals surface area contributed by atoms with E-state index < -0.39 is 10.0 Å². The summed E-state index contributed by atoms with van der Waals surface area (Å²) in [5.74, 6) is 0.0877. The number of hydrogen-bond acceptors (Lipinski definition) is 5. The first-order valence-electron chi connectivity index (χ1n) is 4.65. The lowest BCUT2D eigenvalue weighted by atomic mass is 10.4. The average molecular weight is 369 g/mol. The number of sulfonamides is 1. The number of thiophene rings is 1. The molecule has 0 saturated heterocycles. The van der Waals surface area contributed by atoms with E-state index in [0.717, 1.165) is 20.7 Å². The number of nitrogens with one attached hydrogen (secondary N) is 1. The van der Waals surface area contributed by atoms with Gasteiger partial charge in [0.25, 0.3) is 10.0 Å². The Balaban J connectivity index is 2.33. The van der Waals surface area contributed by atoms with Crippen molar-refractivity contribution >= 4 is 54.7 Å². The predicted octanol–water partition coefficient (Wildman–Crippen LogP) is 3.06. The van der Waals surface area contributed by atoms with Gasteiger partial charge in [0.05, 0.1) is 16.2 Å². The molecule has 2 heterocycles. The van der Waals surface area contributed by atoms with Gasteiger partial charge in [0.1, 0.15) is 9.36 Å². The number of hydrogen-bond donors (Lipinski definition) is 1. The number of halogens is 2. The van der Waals surface area contributed by atoms with Crippen LogP contribution in [0.2, 0.25) is 5.15 Å². The molecule has 0 atom stereocenters. The maximum atomic E-state index is 12.0. The van der Waals surface area contributed by atoms with Crippen molar-refractivity contribution in [3.63, 3.8) is 0 Å². The van der Waals surface area contributed by atoms with Gasteiger partial charge in [0, 0.05) is 0 Å². The summed E-state index contributed by atoms with van der Waals surface area (Å²) >= 11 is 10.0. The number of rotatable bonds is 3. The van der Waals surface area contributed by atoms with Gasteiger partial charge in [-0.3, -0.25) is 9.71 Å². The molecular formula is C9H7BrClN3O2S2. The first kappa shape index (κ1) is 13.7. The van der Waals surface area contributed by atoms with Crippen LogP contribution in [0.3, 0.4) is 0 Å². The Morgan fingerprint density at radius 2 is 2.17 bits per heavy atom. The van der Waals surface area contributed by atoms with Gasteiger partial charge in [-0.25, -0.2) is 13.4 Å². The molecule has 0 radical (unpaired) electrons. The van der Waals surface area contributed by atoms with Gasteiger partial charge in [-0.1, -0.05) is 11.6 Å². The van der Waals surface area contributed by atoms with Gasteiger partial charge in [0.15, 0.2) is 5.82 Å². The number of nitrogens with zero attached hydrogens (tertiary/aromatic N) is 2. The molecule has 2 aromatic rings. The molecule has 9 heteroatoms. The van der Waals surface area contributed by atoms with Crippen molar-refractivity contribution in [2.75, 3.05) is 4.72 Å². The minimum absolute atomic E-state index is 0.0877. The van der Waals surface area contributed by atoms with E-state index in [4.69, 9.17) is 11.6 Å². The van der Waals surface area contributed by atoms with Crippen molar-refractivity contribution < 1.29 is 8.42 Å². The zero-order chi connectivity index (χ0) is 13.3. The van der Waals surface area contributed by atoms with Crippen LogP contribution < -0.4 is 4.72 Å². The van der Waals surface area contributed by atoms with Gasteiger partial charge in [-0.2, -0.15) is 0 Å². The van der Waals surface area contributed by atoms with Crippen LogP contribution in [0.5, 0.6) is 0 Å². The SMILES string of the molecule is Cc1cc(S(=O)(=O)Nc2cncc(Cl)n2)sc1Br. The lowest BCUT2D eigenvalue weighted by Gasteiger charge is -2.04. The minimum atomic E-state index is -3.65. The van der Waals surface area contributed by atoms with Crippen molar-refractivity contribution in [1.29, 1.82) is 0 Å². The first-order chi connectivity index (χ1) is 8.38. The zero-order valence-electron chi connectivity index (χ0n) is 9.02. The van der Waals surface area contributed by atoms with Crippen LogP contribution in [0.25, 0.3) is 0 Å². The largest absolute Gasteiger partial charge is 0.272 e. The standard InChI is InChI=1S/C9H7BrClN3O2S2/c1-5-2-8(17-9(5)10)18(15,16)14-7-4-12-3-6(11)13-7/h2-4H,1H3,(H,13,14). The molecule has 2 aromatic heterocycles. The van der Waals surface area contributed by atoms with Crippen LogP contribution in [0.4, 0.5) is 5.82 Å². The summed E-state index contributed by atoms with van der Waals surface area (Å²) < 4.78 is 27.4. The summed E-state index contributed by atoms with van der Waals surface area (Å²) in [5.41, 5.74) is 0.859. The fourth-order valence-electron chi connectivity index (χ4n) is 1.14. The predicted molar refractivity (Wildman–Crippen MR) is 74.6 cm³/mol. The van der Waals surface area contributed by atoms with Crippen molar-refractivity contribution in [3.05, 3.63) is 33.0 Å². The normalized spacial score (nSPS) is 11.5. The molecule has 0 amide bonds. The molecule has 0 saturated carbocycles. The highest BCUT2D eigenvalue weighted by molar-refractivity contribution is 9.11. The van der Waals surface area contributed by atoms with Crippen LogP contribution >= 0.6 is 38.9 Å². The quantitative estimate of drug-likeness (QED) is 0.903. The molecule has 0 bridgehead atoms. The van der Waals surface area contributed by atoms with Crippen LogP contribution in [-0.2, 0) is 10.0 Å². The molecule has 1 N–H and O–H groups in total. The fraction of sp³-hybridized carbons (Fsp3) is 0.111.